The first-order valence-corrected chi connectivity index (χ1v) is 8.24. The molecule has 1 fully saturated rings. The minimum Gasteiger partial charge on any atom is -0.370 e. The normalized spacial score (nSPS) is 21.3. The lowest BCUT2D eigenvalue weighted by molar-refractivity contribution is -0.138. The van der Waals surface area contributed by atoms with Crippen LogP contribution in [0.1, 0.15) is 17.4 Å². The molecule has 4 rings (SSSR count). The minimum atomic E-state index is -0.521. The van der Waals surface area contributed by atoms with Crippen LogP contribution in [-0.2, 0) is 9.53 Å². The van der Waals surface area contributed by atoms with Crippen LogP contribution in [-0.4, -0.2) is 59.7 Å². The van der Waals surface area contributed by atoms with Gasteiger partial charge in [-0.15, -0.1) is 0 Å². The summed E-state index contributed by atoms with van der Waals surface area (Å²) in [5.41, 5.74) is 0.809. The highest BCUT2D eigenvalue weighted by atomic mass is 16.5. The second-order valence-corrected chi connectivity index (χ2v) is 6.45. The van der Waals surface area contributed by atoms with E-state index in [1.165, 1.54) is 0 Å². The van der Waals surface area contributed by atoms with E-state index in [1.807, 2.05) is 31.2 Å². The Morgan fingerprint density at radius 1 is 1.40 bits per heavy atom. The number of nitrogens with one attached hydrogen (secondary N) is 2. The predicted molar refractivity (Wildman–Crippen MR) is 90.2 cm³/mol. The van der Waals surface area contributed by atoms with Gasteiger partial charge in [-0.2, -0.15) is 10.2 Å². The van der Waals surface area contributed by atoms with Gasteiger partial charge in [0.1, 0.15) is 11.8 Å². The highest BCUT2D eigenvalue weighted by molar-refractivity contribution is 5.99. The van der Waals surface area contributed by atoms with Crippen molar-refractivity contribution < 1.29 is 14.3 Å². The van der Waals surface area contributed by atoms with Crippen LogP contribution in [0, 0.1) is 0 Å². The molecule has 2 amide bonds. The fourth-order valence-electron chi connectivity index (χ4n) is 2.97. The average molecular weight is 341 g/mol. The van der Waals surface area contributed by atoms with Gasteiger partial charge in [0.2, 0.25) is 11.6 Å². The third kappa shape index (κ3) is 3.12. The molecule has 2 aliphatic heterocycles. The number of morpholine rings is 1. The zero-order valence-electron chi connectivity index (χ0n) is 13.9. The van der Waals surface area contributed by atoms with E-state index >= 15 is 0 Å². The maximum Gasteiger partial charge on any atom is 0.268 e. The molecule has 2 aliphatic rings. The van der Waals surface area contributed by atoms with E-state index in [4.69, 9.17) is 4.74 Å². The third-order valence-electron chi connectivity index (χ3n) is 4.62. The van der Waals surface area contributed by atoms with Crippen LogP contribution in [0.25, 0.3) is 10.9 Å². The number of nitrogens with zero attached hydrogens (tertiary/aromatic N) is 3. The molecule has 1 saturated heterocycles. The zero-order valence-corrected chi connectivity index (χ0v) is 13.9. The largest absolute Gasteiger partial charge is 0.370 e. The SMILES string of the molecule is CC1(C2CN(C(=O)CNC(=O)c3cc4ccccc4[nH]3)CCO2)N=N1. The molecule has 8 heteroatoms. The van der Waals surface area contributed by atoms with Gasteiger partial charge in [-0.05, 0) is 19.1 Å². The average Bonchev–Trinajstić information content (AvgIpc) is 3.24. The number of rotatable bonds is 4. The Morgan fingerprint density at radius 3 is 2.96 bits per heavy atom. The quantitative estimate of drug-likeness (QED) is 0.877. The molecular weight excluding hydrogens is 322 g/mol. The van der Waals surface area contributed by atoms with E-state index in [0.717, 1.165) is 10.9 Å². The van der Waals surface area contributed by atoms with E-state index in [1.54, 1.807) is 11.0 Å². The Hall–Kier alpha value is -2.74. The first kappa shape index (κ1) is 15.8. The Bertz CT molecular complexity index is 820. The molecule has 0 radical (unpaired) electrons. The molecule has 1 unspecified atom stereocenters. The van der Waals surface area contributed by atoms with Crippen LogP contribution in [0.2, 0.25) is 0 Å². The summed E-state index contributed by atoms with van der Waals surface area (Å²) in [6, 6.07) is 9.42. The van der Waals surface area contributed by atoms with Crippen LogP contribution in [0.5, 0.6) is 0 Å². The summed E-state index contributed by atoms with van der Waals surface area (Å²) in [6.07, 6.45) is -0.213. The summed E-state index contributed by atoms with van der Waals surface area (Å²) in [5, 5.41) is 11.6. The van der Waals surface area contributed by atoms with Gasteiger partial charge in [-0.3, -0.25) is 9.59 Å². The summed E-state index contributed by atoms with van der Waals surface area (Å²) in [6.45, 7) is 3.22. The van der Waals surface area contributed by atoms with Crippen LogP contribution in [0.4, 0.5) is 0 Å². The van der Waals surface area contributed by atoms with Gasteiger partial charge in [-0.25, -0.2) is 0 Å². The molecule has 1 aromatic carbocycles. The number of fused-ring (bicyclic) bond motifs is 1. The molecule has 25 heavy (non-hydrogen) atoms. The zero-order chi connectivity index (χ0) is 17.4. The third-order valence-corrected chi connectivity index (χ3v) is 4.62. The van der Waals surface area contributed by atoms with Crippen LogP contribution in [0.15, 0.2) is 40.6 Å². The number of aromatic amines is 1. The van der Waals surface area contributed by atoms with E-state index in [-0.39, 0.29) is 24.5 Å². The summed E-state index contributed by atoms with van der Waals surface area (Å²) in [4.78, 5) is 29.4. The number of ether oxygens (including phenoxy) is 1. The van der Waals surface area contributed by atoms with Crippen LogP contribution < -0.4 is 5.32 Å². The molecule has 0 spiro atoms. The minimum absolute atomic E-state index is 0.0497. The fraction of sp³-hybridized carbons (Fsp3) is 0.412. The lowest BCUT2D eigenvalue weighted by Crippen LogP contribution is -2.52. The van der Waals surface area contributed by atoms with Crippen molar-refractivity contribution in [3.63, 3.8) is 0 Å². The molecule has 2 N–H and O–H groups in total. The van der Waals surface area contributed by atoms with Gasteiger partial charge >= 0.3 is 0 Å². The number of hydrogen-bond acceptors (Lipinski definition) is 5. The van der Waals surface area contributed by atoms with Crippen molar-refractivity contribution in [2.24, 2.45) is 10.2 Å². The second-order valence-electron chi connectivity index (χ2n) is 6.45. The van der Waals surface area contributed by atoms with Crippen molar-refractivity contribution in [3.8, 4) is 0 Å². The predicted octanol–water partition coefficient (Wildman–Crippen LogP) is 1.31. The first-order chi connectivity index (χ1) is 12.0. The lowest BCUT2D eigenvalue weighted by Gasteiger charge is -2.34. The number of para-hydroxylation sites is 1. The van der Waals surface area contributed by atoms with Crippen LogP contribution >= 0.6 is 0 Å². The molecule has 0 saturated carbocycles. The molecule has 0 aliphatic carbocycles. The fourth-order valence-corrected chi connectivity index (χ4v) is 2.97. The number of aromatic nitrogens is 1. The van der Waals surface area contributed by atoms with Gasteiger partial charge in [0, 0.05) is 17.4 Å². The lowest BCUT2D eigenvalue weighted by atomic mass is 10.1. The standard InChI is InChI=1S/C17H19N5O3/c1-17(20-21-17)14-10-22(6-7-25-14)15(23)9-18-16(24)13-8-11-4-2-3-5-12(11)19-13/h2-5,8,14,19H,6-7,9-10H2,1H3,(H,18,24). The van der Waals surface area contributed by atoms with Crippen molar-refractivity contribution in [1.82, 2.24) is 15.2 Å². The summed E-state index contributed by atoms with van der Waals surface area (Å²) in [7, 11) is 0. The van der Waals surface area contributed by atoms with Gasteiger partial charge in [-0.1, -0.05) is 18.2 Å². The topological polar surface area (TPSA) is 99.2 Å². The number of H-pyrrole nitrogens is 1. The van der Waals surface area contributed by atoms with Crippen LogP contribution in [0.3, 0.4) is 0 Å². The van der Waals surface area contributed by atoms with E-state index in [2.05, 4.69) is 20.5 Å². The van der Waals surface area contributed by atoms with E-state index in [0.29, 0.717) is 25.4 Å². The van der Waals surface area contributed by atoms with E-state index < -0.39 is 5.66 Å². The first-order valence-electron chi connectivity index (χ1n) is 8.24. The van der Waals surface area contributed by atoms with Gasteiger partial charge in [0.25, 0.3) is 5.91 Å². The summed E-state index contributed by atoms with van der Waals surface area (Å²) in [5.74, 6) is -0.435. The smallest absolute Gasteiger partial charge is 0.268 e. The molecule has 130 valence electrons. The number of amides is 2. The van der Waals surface area contributed by atoms with Crippen molar-refractivity contribution >= 4 is 22.7 Å². The Balaban J connectivity index is 1.34. The van der Waals surface area contributed by atoms with Crippen molar-refractivity contribution in [1.29, 1.82) is 0 Å². The molecule has 1 atom stereocenters. The van der Waals surface area contributed by atoms with Gasteiger partial charge < -0.3 is 19.9 Å². The summed E-state index contributed by atoms with van der Waals surface area (Å²) >= 11 is 0. The van der Waals surface area contributed by atoms with Crippen molar-refractivity contribution in [3.05, 3.63) is 36.0 Å². The Kier molecular flexibility index (Phi) is 3.76. The molecule has 0 bridgehead atoms. The number of hydrogen-bond donors (Lipinski definition) is 2. The highest BCUT2D eigenvalue weighted by Gasteiger charge is 2.46. The molecule has 3 heterocycles. The van der Waals surface area contributed by atoms with E-state index in [9.17, 15) is 9.59 Å². The molecule has 1 aromatic heterocycles. The van der Waals surface area contributed by atoms with Crippen molar-refractivity contribution in [2.75, 3.05) is 26.2 Å². The Labute approximate surface area is 144 Å². The van der Waals surface area contributed by atoms with Gasteiger partial charge in [0.05, 0.1) is 19.7 Å². The number of carbonyl (C=O) groups is 2. The molecular formula is C17H19N5O3. The maximum atomic E-state index is 12.4. The Morgan fingerprint density at radius 2 is 2.20 bits per heavy atom. The highest BCUT2D eigenvalue weighted by Crippen LogP contribution is 2.34. The molecule has 2 aromatic rings. The maximum absolute atomic E-state index is 12.4. The van der Waals surface area contributed by atoms with Crippen molar-refractivity contribution in [2.45, 2.75) is 18.7 Å². The van der Waals surface area contributed by atoms with Gasteiger partial charge in [0.15, 0.2) is 0 Å². The molecule has 8 nitrogen and oxygen atoms in total. The second kappa shape index (κ2) is 5.96. The number of benzene rings is 1. The summed E-state index contributed by atoms with van der Waals surface area (Å²) < 4.78 is 5.64. The number of carbonyl (C=O) groups excluding carboxylic acids is 2. The monoisotopic (exact) mass is 341 g/mol.